The minimum atomic E-state index is -0.591. The average Bonchev–Trinajstić information content (AvgIpc) is 2.77. The summed E-state index contributed by atoms with van der Waals surface area (Å²) in [6.07, 6.45) is 3.76. The van der Waals surface area contributed by atoms with Crippen LogP contribution in [0, 0.1) is 0 Å². The third kappa shape index (κ3) is 6.16. The number of carbonyl (C=O) groups excluding carboxylic acids is 1. The van der Waals surface area contributed by atoms with Crippen LogP contribution >= 0.6 is 15.9 Å². The Balaban J connectivity index is 2.17. The molecule has 0 saturated heterocycles. The zero-order valence-electron chi connectivity index (χ0n) is 20.3. The van der Waals surface area contributed by atoms with Crippen molar-refractivity contribution in [3.05, 3.63) is 74.8 Å². The predicted molar refractivity (Wildman–Crippen MR) is 142 cm³/mol. The molecule has 3 rings (SSSR count). The Bertz CT molecular complexity index is 1360. The van der Waals surface area contributed by atoms with E-state index in [4.69, 9.17) is 20.2 Å². The molecule has 0 aliphatic carbocycles. The largest absolute Gasteiger partial charge is 0.490 e. The zero-order chi connectivity index (χ0) is 25.8. The monoisotopic (exact) mass is 540 g/mol. The van der Waals surface area contributed by atoms with Crippen LogP contribution in [-0.2, 0) is 16.6 Å². The Morgan fingerprint density at radius 1 is 1.26 bits per heavy atom. The molecule has 0 radical (unpaired) electrons. The molecule has 35 heavy (non-hydrogen) atoms. The molecule has 0 saturated carbocycles. The molecule has 0 unspecified atom stereocenters. The third-order valence-corrected chi connectivity index (χ3v) is 5.47. The number of carbonyl (C=O) groups is 1. The minimum Gasteiger partial charge on any atom is -0.490 e. The van der Waals surface area contributed by atoms with Crippen molar-refractivity contribution in [2.75, 3.05) is 13.2 Å². The summed E-state index contributed by atoms with van der Waals surface area (Å²) >= 11 is 3.42. The van der Waals surface area contributed by atoms with Crippen molar-refractivity contribution < 1.29 is 14.3 Å². The van der Waals surface area contributed by atoms with Gasteiger partial charge in [0.1, 0.15) is 5.82 Å². The van der Waals surface area contributed by atoms with Gasteiger partial charge in [0, 0.05) is 15.5 Å². The minimum absolute atomic E-state index is 0.268. The van der Waals surface area contributed by atoms with Gasteiger partial charge in [0.25, 0.3) is 11.5 Å². The first-order chi connectivity index (χ1) is 16.5. The number of allylic oxidation sites excluding steroid dienone is 1. The second-order valence-corrected chi connectivity index (χ2v) is 9.81. The summed E-state index contributed by atoms with van der Waals surface area (Å²) in [5, 5.41) is 4.99. The molecule has 1 amide bonds. The smallest absolute Gasteiger partial charge is 0.282 e. The number of nitrogens with two attached hydrogens (primary N) is 1. The molecule has 2 aromatic carbocycles. The molecule has 1 aromatic heterocycles. The number of fused-ring (bicyclic) bond motifs is 1. The van der Waals surface area contributed by atoms with Gasteiger partial charge in [-0.3, -0.25) is 9.59 Å². The summed E-state index contributed by atoms with van der Waals surface area (Å²) < 4.78 is 13.5. The molecule has 184 valence electrons. The van der Waals surface area contributed by atoms with Gasteiger partial charge in [-0.1, -0.05) is 42.8 Å². The van der Waals surface area contributed by atoms with Crippen LogP contribution in [0.25, 0.3) is 10.9 Å². The van der Waals surface area contributed by atoms with Gasteiger partial charge in [0.2, 0.25) is 0 Å². The van der Waals surface area contributed by atoms with Crippen LogP contribution in [0.2, 0.25) is 0 Å². The van der Waals surface area contributed by atoms with Gasteiger partial charge in [0.15, 0.2) is 18.1 Å². The molecule has 0 fully saturated rings. The molecule has 0 aliphatic heterocycles. The van der Waals surface area contributed by atoms with Gasteiger partial charge >= 0.3 is 0 Å². The molecule has 0 aliphatic rings. The van der Waals surface area contributed by atoms with Crippen LogP contribution in [0.5, 0.6) is 11.5 Å². The van der Waals surface area contributed by atoms with Crippen molar-refractivity contribution in [2.45, 2.75) is 39.5 Å². The standard InChI is InChI=1S/C26H29BrN4O4/c1-6-8-17-11-16(12-21(34-7-2)23(17)35-15-22(28)32)14-29-31-24(33)19-13-18(27)9-10-20(19)30-25(31)26(3,4)5/h6,9-14H,1,7-8,15H2,2-5H3,(H2,28,32). The Kier molecular flexibility index (Phi) is 8.11. The highest BCUT2D eigenvalue weighted by molar-refractivity contribution is 9.10. The maximum atomic E-state index is 13.4. The fourth-order valence-corrected chi connectivity index (χ4v) is 3.86. The Morgan fingerprint density at radius 2 is 2.00 bits per heavy atom. The van der Waals surface area contributed by atoms with E-state index in [9.17, 15) is 9.59 Å². The number of halogens is 1. The summed E-state index contributed by atoms with van der Waals surface area (Å²) in [7, 11) is 0. The van der Waals surface area contributed by atoms with Gasteiger partial charge in [-0.15, -0.1) is 6.58 Å². The van der Waals surface area contributed by atoms with E-state index in [1.807, 2.05) is 45.9 Å². The first-order valence-corrected chi connectivity index (χ1v) is 11.9. The van der Waals surface area contributed by atoms with Crippen LogP contribution < -0.4 is 20.8 Å². The predicted octanol–water partition coefficient (Wildman–Crippen LogP) is 4.33. The maximum Gasteiger partial charge on any atom is 0.282 e. The lowest BCUT2D eigenvalue weighted by atomic mass is 9.95. The number of primary amides is 1. The number of hydrogen-bond acceptors (Lipinski definition) is 6. The lowest BCUT2D eigenvalue weighted by molar-refractivity contribution is -0.119. The van der Waals surface area contributed by atoms with Crippen molar-refractivity contribution in [2.24, 2.45) is 10.8 Å². The Labute approximate surface area is 212 Å². The van der Waals surface area contributed by atoms with Gasteiger partial charge in [-0.05, 0) is 49.2 Å². The van der Waals surface area contributed by atoms with Crippen molar-refractivity contribution in [1.82, 2.24) is 9.66 Å². The normalized spacial score (nSPS) is 11.7. The molecule has 2 N–H and O–H groups in total. The fraction of sp³-hybridized carbons (Fsp3) is 0.308. The van der Waals surface area contributed by atoms with Crippen molar-refractivity contribution >= 4 is 39.0 Å². The van der Waals surface area contributed by atoms with Crippen LogP contribution in [0.15, 0.2) is 57.4 Å². The number of hydrogen-bond donors (Lipinski definition) is 1. The van der Waals surface area contributed by atoms with Gasteiger partial charge in [0.05, 0.1) is 23.7 Å². The van der Waals surface area contributed by atoms with Gasteiger partial charge in [-0.25, -0.2) is 4.98 Å². The number of nitrogens with zero attached hydrogens (tertiary/aromatic N) is 3. The second-order valence-electron chi connectivity index (χ2n) is 8.90. The average molecular weight is 541 g/mol. The van der Waals surface area contributed by atoms with E-state index in [-0.39, 0.29) is 12.2 Å². The molecular weight excluding hydrogens is 512 g/mol. The molecule has 0 atom stereocenters. The molecule has 1 heterocycles. The highest BCUT2D eigenvalue weighted by Gasteiger charge is 2.23. The summed E-state index contributed by atoms with van der Waals surface area (Å²) in [4.78, 5) is 29.4. The molecule has 0 spiro atoms. The van der Waals surface area contributed by atoms with E-state index >= 15 is 0 Å². The van der Waals surface area contributed by atoms with E-state index in [1.165, 1.54) is 4.68 Å². The van der Waals surface area contributed by atoms with E-state index in [0.29, 0.717) is 46.8 Å². The fourth-order valence-electron chi connectivity index (χ4n) is 3.50. The van der Waals surface area contributed by atoms with Crippen molar-refractivity contribution in [3.63, 3.8) is 0 Å². The zero-order valence-corrected chi connectivity index (χ0v) is 21.9. The molecule has 0 bridgehead atoms. The Hall–Kier alpha value is -3.46. The third-order valence-electron chi connectivity index (χ3n) is 4.98. The van der Waals surface area contributed by atoms with Gasteiger partial charge < -0.3 is 15.2 Å². The highest BCUT2D eigenvalue weighted by atomic mass is 79.9. The number of rotatable bonds is 9. The summed E-state index contributed by atoms with van der Waals surface area (Å²) in [5.74, 6) is 0.810. The lowest BCUT2D eigenvalue weighted by Crippen LogP contribution is -2.29. The number of ether oxygens (including phenoxy) is 2. The first kappa shape index (κ1) is 26.2. The molecule has 9 heteroatoms. The lowest BCUT2D eigenvalue weighted by Gasteiger charge is -2.21. The van der Waals surface area contributed by atoms with E-state index in [2.05, 4.69) is 27.6 Å². The van der Waals surface area contributed by atoms with E-state index in [0.717, 1.165) is 10.0 Å². The summed E-state index contributed by atoms with van der Waals surface area (Å²) in [6.45, 7) is 11.7. The van der Waals surface area contributed by atoms with Crippen molar-refractivity contribution in [3.8, 4) is 11.5 Å². The molecular formula is C26H29BrN4O4. The molecule has 3 aromatic rings. The molecule has 8 nitrogen and oxygen atoms in total. The second kappa shape index (κ2) is 10.9. The topological polar surface area (TPSA) is 109 Å². The van der Waals surface area contributed by atoms with E-state index in [1.54, 1.807) is 24.4 Å². The van der Waals surface area contributed by atoms with Gasteiger partial charge in [-0.2, -0.15) is 9.78 Å². The maximum absolute atomic E-state index is 13.4. The quantitative estimate of drug-likeness (QED) is 0.321. The van der Waals surface area contributed by atoms with Crippen LogP contribution in [0.1, 0.15) is 44.6 Å². The number of benzene rings is 2. The SMILES string of the molecule is C=CCc1cc(C=Nn2c(C(C)(C)C)nc3ccc(Br)cc3c2=O)cc(OCC)c1OCC(N)=O. The number of amides is 1. The van der Waals surface area contributed by atoms with Crippen LogP contribution in [0.4, 0.5) is 0 Å². The number of aromatic nitrogens is 2. The van der Waals surface area contributed by atoms with Crippen molar-refractivity contribution in [1.29, 1.82) is 0 Å². The summed E-state index contributed by atoms with van der Waals surface area (Å²) in [6, 6.07) is 8.99. The van der Waals surface area contributed by atoms with E-state index < -0.39 is 11.3 Å². The Morgan fingerprint density at radius 3 is 2.63 bits per heavy atom. The van der Waals surface area contributed by atoms with Crippen LogP contribution in [-0.4, -0.2) is 35.0 Å². The van der Waals surface area contributed by atoms with Crippen LogP contribution in [0.3, 0.4) is 0 Å². The summed E-state index contributed by atoms with van der Waals surface area (Å²) in [5.41, 5.74) is 6.59. The highest BCUT2D eigenvalue weighted by Crippen LogP contribution is 2.33. The first-order valence-electron chi connectivity index (χ1n) is 11.1.